The van der Waals surface area contributed by atoms with E-state index in [0.29, 0.717) is 12.3 Å². The van der Waals surface area contributed by atoms with Crippen molar-refractivity contribution < 1.29 is 13.9 Å². The lowest BCUT2D eigenvalue weighted by molar-refractivity contribution is 0.123. The van der Waals surface area contributed by atoms with E-state index < -0.39 is 23.3 Å². The fourth-order valence-electron chi connectivity index (χ4n) is 3.22. The molecule has 6 heteroatoms. The molecular formula is C16H18F2N2O2. The molecule has 0 radical (unpaired) electrons. The molecule has 1 unspecified atom stereocenters. The summed E-state index contributed by atoms with van der Waals surface area (Å²) in [7, 11) is 0. The summed E-state index contributed by atoms with van der Waals surface area (Å²) in [5.41, 5.74) is -0.347. The number of aliphatic hydroxyl groups is 1. The van der Waals surface area contributed by atoms with Gasteiger partial charge in [0.05, 0.1) is 29.9 Å². The smallest absolute Gasteiger partial charge is 0.261 e. The number of fused-ring (bicyclic) bond motifs is 1. The molecule has 2 aromatic rings. The van der Waals surface area contributed by atoms with Crippen LogP contribution in [0.1, 0.15) is 32.1 Å². The molecule has 0 spiro atoms. The molecule has 0 aliphatic heterocycles. The summed E-state index contributed by atoms with van der Waals surface area (Å²) in [6.07, 6.45) is 5.92. The Bertz CT molecular complexity index is 739. The van der Waals surface area contributed by atoms with Gasteiger partial charge < -0.3 is 5.11 Å². The maximum Gasteiger partial charge on any atom is 0.261 e. The fourth-order valence-corrected chi connectivity index (χ4v) is 3.22. The fraction of sp³-hybridized carbons (Fsp3) is 0.500. The molecule has 1 atom stereocenters. The van der Waals surface area contributed by atoms with E-state index in [1.54, 1.807) is 0 Å². The Balaban J connectivity index is 1.83. The topological polar surface area (TPSA) is 55.1 Å². The average molecular weight is 308 g/mol. The molecule has 0 saturated heterocycles. The molecule has 1 saturated carbocycles. The maximum atomic E-state index is 13.3. The first kappa shape index (κ1) is 15.1. The van der Waals surface area contributed by atoms with Crippen LogP contribution >= 0.6 is 0 Å². The van der Waals surface area contributed by atoms with Gasteiger partial charge in [-0.1, -0.05) is 25.7 Å². The second kappa shape index (κ2) is 6.12. The summed E-state index contributed by atoms with van der Waals surface area (Å²) >= 11 is 0. The zero-order valence-electron chi connectivity index (χ0n) is 12.1. The highest BCUT2D eigenvalue weighted by Gasteiger charge is 2.19. The van der Waals surface area contributed by atoms with Crippen molar-refractivity contribution in [3.8, 4) is 0 Å². The van der Waals surface area contributed by atoms with Gasteiger partial charge in [-0.05, 0) is 18.4 Å². The van der Waals surface area contributed by atoms with Crippen LogP contribution in [-0.4, -0.2) is 20.8 Å². The Labute approximate surface area is 126 Å². The van der Waals surface area contributed by atoms with Crippen LogP contribution in [0.15, 0.2) is 23.3 Å². The minimum atomic E-state index is -1.07. The third-order valence-corrected chi connectivity index (χ3v) is 4.35. The zero-order valence-corrected chi connectivity index (χ0v) is 12.1. The first-order valence-corrected chi connectivity index (χ1v) is 7.57. The number of rotatable bonds is 4. The van der Waals surface area contributed by atoms with Gasteiger partial charge in [0, 0.05) is 6.07 Å². The van der Waals surface area contributed by atoms with E-state index in [9.17, 15) is 18.7 Å². The zero-order chi connectivity index (χ0) is 15.7. The van der Waals surface area contributed by atoms with Crippen LogP contribution in [0.4, 0.5) is 8.78 Å². The third-order valence-electron chi connectivity index (χ3n) is 4.35. The number of nitrogens with zero attached hydrogens (tertiary/aromatic N) is 2. The first-order valence-electron chi connectivity index (χ1n) is 7.57. The Morgan fingerprint density at radius 2 is 1.95 bits per heavy atom. The van der Waals surface area contributed by atoms with Crippen molar-refractivity contribution in [1.29, 1.82) is 0 Å². The molecule has 0 amide bonds. The lowest BCUT2D eigenvalue weighted by Crippen LogP contribution is -2.28. The van der Waals surface area contributed by atoms with Crippen molar-refractivity contribution in [3.63, 3.8) is 0 Å². The van der Waals surface area contributed by atoms with Gasteiger partial charge in [0.1, 0.15) is 0 Å². The SMILES string of the molecule is O=c1c2cc(F)c(F)cc2ncn1CC(O)CC1CCCC1. The highest BCUT2D eigenvalue weighted by Crippen LogP contribution is 2.28. The monoisotopic (exact) mass is 308 g/mol. The predicted octanol–water partition coefficient (Wildman–Crippen LogP) is 2.62. The van der Waals surface area contributed by atoms with Crippen LogP contribution in [-0.2, 0) is 6.54 Å². The average Bonchev–Trinajstić information content (AvgIpc) is 2.97. The predicted molar refractivity (Wildman–Crippen MR) is 78.5 cm³/mol. The van der Waals surface area contributed by atoms with Gasteiger partial charge in [-0.2, -0.15) is 0 Å². The summed E-state index contributed by atoms with van der Waals surface area (Å²) in [6.45, 7) is 0.122. The molecule has 3 rings (SSSR count). The number of hydrogen-bond acceptors (Lipinski definition) is 3. The molecule has 4 nitrogen and oxygen atoms in total. The number of halogens is 2. The molecule has 1 aliphatic rings. The Morgan fingerprint density at radius 3 is 2.68 bits per heavy atom. The third kappa shape index (κ3) is 3.02. The van der Waals surface area contributed by atoms with E-state index in [0.717, 1.165) is 25.0 Å². The van der Waals surface area contributed by atoms with Gasteiger partial charge >= 0.3 is 0 Å². The second-order valence-electron chi connectivity index (χ2n) is 6.03. The Hall–Kier alpha value is -1.82. The number of benzene rings is 1. The van der Waals surface area contributed by atoms with Crippen molar-refractivity contribution in [2.45, 2.75) is 44.8 Å². The van der Waals surface area contributed by atoms with Gasteiger partial charge in [-0.3, -0.25) is 9.36 Å². The van der Waals surface area contributed by atoms with Gasteiger partial charge in [-0.25, -0.2) is 13.8 Å². The summed E-state index contributed by atoms with van der Waals surface area (Å²) in [5, 5.41) is 10.2. The highest BCUT2D eigenvalue weighted by molar-refractivity contribution is 5.77. The van der Waals surface area contributed by atoms with Crippen LogP contribution in [0.25, 0.3) is 10.9 Å². The van der Waals surface area contributed by atoms with Crippen molar-refractivity contribution in [1.82, 2.24) is 9.55 Å². The van der Waals surface area contributed by atoms with Crippen molar-refractivity contribution in [2.24, 2.45) is 5.92 Å². The molecule has 0 bridgehead atoms. The van der Waals surface area contributed by atoms with Gasteiger partial charge in [0.15, 0.2) is 11.6 Å². The molecule has 1 N–H and O–H groups in total. The Kier molecular flexibility index (Phi) is 4.20. The Morgan fingerprint density at radius 1 is 1.27 bits per heavy atom. The maximum absolute atomic E-state index is 13.3. The molecule has 1 aromatic heterocycles. The molecule has 22 heavy (non-hydrogen) atoms. The van der Waals surface area contributed by atoms with Crippen LogP contribution in [0, 0.1) is 17.6 Å². The second-order valence-corrected chi connectivity index (χ2v) is 6.03. The van der Waals surface area contributed by atoms with E-state index in [1.807, 2.05) is 0 Å². The van der Waals surface area contributed by atoms with Crippen molar-refractivity contribution >= 4 is 10.9 Å². The minimum Gasteiger partial charge on any atom is -0.391 e. The molecule has 118 valence electrons. The standard InChI is InChI=1S/C16H18F2N2O2/c17-13-6-12-15(7-14(13)18)19-9-20(16(12)22)8-11(21)5-10-3-1-2-4-10/h6-7,9-11,21H,1-5,8H2. The summed E-state index contributed by atoms with van der Waals surface area (Å²) < 4.78 is 27.7. The summed E-state index contributed by atoms with van der Waals surface area (Å²) in [4.78, 5) is 16.3. The number of hydrogen-bond donors (Lipinski definition) is 1. The molecular weight excluding hydrogens is 290 g/mol. The minimum absolute atomic E-state index is 0.0227. The lowest BCUT2D eigenvalue weighted by Gasteiger charge is -2.16. The quantitative estimate of drug-likeness (QED) is 0.944. The van der Waals surface area contributed by atoms with E-state index in [4.69, 9.17) is 0 Å². The van der Waals surface area contributed by atoms with Crippen molar-refractivity contribution in [2.75, 3.05) is 0 Å². The number of aliphatic hydroxyl groups excluding tert-OH is 1. The van der Waals surface area contributed by atoms with Crippen LogP contribution < -0.4 is 5.56 Å². The molecule has 1 heterocycles. The summed E-state index contributed by atoms with van der Waals surface area (Å²) in [6, 6.07) is 1.77. The van der Waals surface area contributed by atoms with E-state index in [1.165, 1.54) is 23.7 Å². The van der Waals surface area contributed by atoms with Gasteiger partial charge in [0.25, 0.3) is 5.56 Å². The van der Waals surface area contributed by atoms with Gasteiger partial charge in [0.2, 0.25) is 0 Å². The molecule has 1 fully saturated rings. The normalized spacial score (nSPS) is 17.2. The molecule has 1 aliphatic carbocycles. The largest absolute Gasteiger partial charge is 0.391 e. The van der Waals surface area contributed by atoms with E-state index >= 15 is 0 Å². The van der Waals surface area contributed by atoms with Crippen molar-refractivity contribution in [3.05, 3.63) is 40.4 Å². The van der Waals surface area contributed by atoms with E-state index in [-0.39, 0.29) is 17.4 Å². The van der Waals surface area contributed by atoms with Crippen LogP contribution in [0.3, 0.4) is 0 Å². The van der Waals surface area contributed by atoms with Crippen LogP contribution in [0.5, 0.6) is 0 Å². The number of aromatic nitrogens is 2. The summed E-state index contributed by atoms with van der Waals surface area (Å²) in [5.74, 6) is -1.60. The van der Waals surface area contributed by atoms with E-state index in [2.05, 4.69) is 4.98 Å². The van der Waals surface area contributed by atoms with Gasteiger partial charge in [-0.15, -0.1) is 0 Å². The lowest BCUT2D eigenvalue weighted by atomic mass is 10.00. The van der Waals surface area contributed by atoms with Crippen LogP contribution in [0.2, 0.25) is 0 Å². The first-order chi connectivity index (χ1) is 10.5. The molecule has 1 aromatic carbocycles. The highest BCUT2D eigenvalue weighted by atomic mass is 19.2.